The molecule has 0 unspecified atom stereocenters. The molecule has 18 heavy (non-hydrogen) atoms. The molecular formula is C12H11ClN2O3. The SMILES string of the molecule is CCOc1ccc(/C=C2/NC(=O)NC2=O)cc1Cl. The van der Waals surface area contributed by atoms with E-state index >= 15 is 0 Å². The Balaban J connectivity index is 2.25. The Hall–Kier alpha value is -2.01. The van der Waals surface area contributed by atoms with Crippen LogP contribution in [0, 0.1) is 0 Å². The molecule has 1 aliphatic rings. The van der Waals surface area contributed by atoms with Crippen LogP contribution < -0.4 is 15.4 Å². The summed E-state index contributed by atoms with van der Waals surface area (Å²) >= 11 is 6.02. The Morgan fingerprint density at radius 2 is 2.11 bits per heavy atom. The molecule has 2 N–H and O–H groups in total. The summed E-state index contributed by atoms with van der Waals surface area (Å²) in [4.78, 5) is 22.3. The molecule has 1 aliphatic heterocycles. The zero-order valence-corrected chi connectivity index (χ0v) is 10.4. The van der Waals surface area contributed by atoms with Crippen molar-refractivity contribution in [2.75, 3.05) is 6.61 Å². The fourth-order valence-corrected chi connectivity index (χ4v) is 1.77. The van der Waals surface area contributed by atoms with Gasteiger partial charge in [-0.05, 0) is 30.7 Å². The minimum Gasteiger partial charge on any atom is -0.492 e. The van der Waals surface area contributed by atoms with Gasteiger partial charge < -0.3 is 10.1 Å². The van der Waals surface area contributed by atoms with E-state index in [1.807, 2.05) is 6.92 Å². The van der Waals surface area contributed by atoms with Crippen LogP contribution in [0.1, 0.15) is 12.5 Å². The molecule has 3 amide bonds. The van der Waals surface area contributed by atoms with Crippen LogP contribution in [0.5, 0.6) is 5.75 Å². The smallest absolute Gasteiger partial charge is 0.326 e. The molecule has 0 aliphatic carbocycles. The first-order chi connectivity index (χ1) is 8.60. The summed E-state index contributed by atoms with van der Waals surface area (Å²) in [7, 11) is 0. The average molecular weight is 267 g/mol. The Morgan fingerprint density at radius 1 is 1.33 bits per heavy atom. The lowest BCUT2D eigenvalue weighted by Crippen LogP contribution is -2.22. The highest BCUT2D eigenvalue weighted by Crippen LogP contribution is 2.26. The number of halogens is 1. The van der Waals surface area contributed by atoms with Crippen LogP contribution >= 0.6 is 11.6 Å². The average Bonchev–Trinajstić information content (AvgIpc) is 2.61. The summed E-state index contributed by atoms with van der Waals surface area (Å²) < 4.78 is 5.30. The monoisotopic (exact) mass is 266 g/mol. The fourth-order valence-electron chi connectivity index (χ4n) is 1.53. The molecule has 5 nitrogen and oxygen atoms in total. The van der Waals surface area contributed by atoms with Crippen molar-refractivity contribution in [1.29, 1.82) is 0 Å². The summed E-state index contributed by atoms with van der Waals surface area (Å²) in [6, 6.07) is 4.61. The number of amides is 3. The van der Waals surface area contributed by atoms with Gasteiger partial charge >= 0.3 is 6.03 Å². The van der Waals surface area contributed by atoms with Crippen molar-refractivity contribution >= 4 is 29.6 Å². The molecule has 0 bridgehead atoms. The number of ether oxygens (including phenoxy) is 1. The van der Waals surface area contributed by atoms with Crippen molar-refractivity contribution < 1.29 is 14.3 Å². The Kier molecular flexibility index (Phi) is 3.53. The van der Waals surface area contributed by atoms with Gasteiger partial charge in [0.15, 0.2) is 0 Å². The number of hydrogen-bond donors (Lipinski definition) is 2. The summed E-state index contributed by atoms with van der Waals surface area (Å²) in [5, 5.41) is 4.97. The number of carbonyl (C=O) groups excluding carboxylic acids is 2. The largest absolute Gasteiger partial charge is 0.492 e. The third kappa shape index (κ3) is 2.62. The van der Waals surface area contributed by atoms with E-state index in [0.29, 0.717) is 22.9 Å². The first kappa shape index (κ1) is 12.4. The van der Waals surface area contributed by atoms with Crippen molar-refractivity contribution in [2.45, 2.75) is 6.92 Å². The third-order valence-electron chi connectivity index (χ3n) is 2.29. The van der Waals surface area contributed by atoms with Gasteiger partial charge in [-0.2, -0.15) is 0 Å². The lowest BCUT2D eigenvalue weighted by Gasteiger charge is -2.06. The van der Waals surface area contributed by atoms with Gasteiger partial charge in [-0.15, -0.1) is 0 Å². The van der Waals surface area contributed by atoms with Gasteiger partial charge in [-0.25, -0.2) is 4.79 Å². The van der Waals surface area contributed by atoms with E-state index in [1.54, 1.807) is 24.3 Å². The predicted octanol–water partition coefficient (Wildman–Crippen LogP) is 1.92. The predicted molar refractivity (Wildman–Crippen MR) is 67.3 cm³/mol. The summed E-state index contributed by atoms with van der Waals surface area (Å²) in [5.74, 6) is 0.131. The van der Waals surface area contributed by atoms with Crippen molar-refractivity contribution in [3.63, 3.8) is 0 Å². The molecule has 2 rings (SSSR count). The quantitative estimate of drug-likeness (QED) is 0.649. The Labute approximate surface area is 109 Å². The van der Waals surface area contributed by atoms with E-state index in [1.165, 1.54) is 0 Å². The molecular weight excluding hydrogens is 256 g/mol. The molecule has 1 aromatic carbocycles. The van der Waals surface area contributed by atoms with Crippen LogP contribution in [0.2, 0.25) is 5.02 Å². The Bertz CT molecular complexity index is 540. The van der Waals surface area contributed by atoms with Gasteiger partial charge in [0.1, 0.15) is 11.4 Å². The van der Waals surface area contributed by atoms with Gasteiger partial charge in [0.25, 0.3) is 5.91 Å². The maximum atomic E-state index is 11.3. The lowest BCUT2D eigenvalue weighted by atomic mass is 10.2. The van der Waals surface area contributed by atoms with Crippen LogP contribution in [0.3, 0.4) is 0 Å². The second kappa shape index (κ2) is 5.10. The zero-order chi connectivity index (χ0) is 13.1. The van der Waals surface area contributed by atoms with Gasteiger partial charge in [0, 0.05) is 0 Å². The number of benzene rings is 1. The number of carbonyl (C=O) groups is 2. The van der Waals surface area contributed by atoms with E-state index in [4.69, 9.17) is 16.3 Å². The molecule has 1 heterocycles. The molecule has 1 fully saturated rings. The normalized spacial score (nSPS) is 16.7. The van der Waals surface area contributed by atoms with E-state index < -0.39 is 11.9 Å². The summed E-state index contributed by atoms with van der Waals surface area (Å²) in [6.45, 7) is 2.39. The first-order valence-electron chi connectivity index (χ1n) is 5.36. The molecule has 0 saturated carbocycles. The topological polar surface area (TPSA) is 67.4 Å². The highest BCUT2D eigenvalue weighted by Gasteiger charge is 2.22. The molecule has 0 spiro atoms. The maximum Gasteiger partial charge on any atom is 0.326 e. The van der Waals surface area contributed by atoms with Crippen LogP contribution in [-0.2, 0) is 4.79 Å². The maximum absolute atomic E-state index is 11.3. The van der Waals surface area contributed by atoms with Crippen molar-refractivity contribution in [3.05, 3.63) is 34.5 Å². The highest BCUT2D eigenvalue weighted by molar-refractivity contribution is 6.32. The number of nitrogens with one attached hydrogen (secondary N) is 2. The molecule has 94 valence electrons. The minimum atomic E-state index is -0.525. The van der Waals surface area contributed by atoms with E-state index in [0.717, 1.165) is 0 Å². The number of hydrogen-bond acceptors (Lipinski definition) is 3. The van der Waals surface area contributed by atoms with Gasteiger partial charge in [-0.3, -0.25) is 10.1 Å². The van der Waals surface area contributed by atoms with Gasteiger partial charge in [-0.1, -0.05) is 17.7 Å². The van der Waals surface area contributed by atoms with Crippen molar-refractivity contribution in [1.82, 2.24) is 10.6 Å². The molecule has 0 atom stereocenters. The van der Waals surface area contributed by atoms with Crippen LogP contribution in [0.15, 0.2) is 23.9 Å². The van der Waals surface area contributed by atoms with E-state index in [2.05, 4.69) is 10.6 Å². The van der Waals surface area contributed by atoms with Gasteiger partial charge in [0.05, 0.1) is 11.6 Å². The molecule has 0 radical (unpaired) electrons. The van der Waals surface area contributed by atoms with Crippen LogP contribution in [-0.4, -0.2) is 18.5 Å². The Morgan fingerprint density at radius 3 is 2.67 bits per heavy atom. The number of imide groups is 1. The first-order valence-corrected chi connectivity index (χ1v) is 5.74. The summed E-state index contributed by atoms with van der Waals surface area (Å²) in [5.41, 5.74) is 0.899. The highest BCUT2D eigenvalue weighted by atomic mass is 35.5. The molecule has 0 aromatic heterocycles. The zero-order valence-electron chi connectivity index (χ0n) is 9.62. The van der Waals surface area contributed by atoms with Crippen molar-refractivity contribution in [3.8, 4) is 5.75 Å². The number of rotatable bonds is 3. The minimum absolute atomic E-state index is 0.195. The second-order valence-electron chi connectivity index (χ2n) is 3.59. The summed E-state index contributed by atoms with van der Waals surface area (Å²) in [6.07, 6.45) is 1.54. The molecule has 6 heteroatoms. The van der Waals surface area contributed by atoms with Crippen LogP contribution in [0.4, 0.5) is 4.79 Å². The van der Waals surface area contributed by atoms with E-state index in [-0.39, 0.29) is 5.70 Å². The fraction of sp³-hybridized carbons (Fsp3) is 0.167. The van der Waals surface area contributed by atoms with Crippen molar-refractivity contribution in [2.24, 2.45) is 0 Å². The van der Waals surface area contributed by atoms with E-state index in [9.17, 15) is 9.59 Å². The second-order valence-corrected chi connectivity index (χ2v) is 4.00. The van der Waals surface area contributed by atoms with Crippen LogP contribution in [0.25, 0.3) is 6.08 Å². The third-order valence-corrected chi connectivity index (χ3v) is 2.58. The molecule has 1 aromatic rings. The number of urea groups is 1. The standard InChI is InChI=1S/C12H11ClN2O3/c1-2-18-10-4-3-7(5-8(10)13)6-9-11(16)15-12(17)14-9/h3-6H,2H2,1H3,(H2,14,15,16,17)/b9-6+. The van der Waals surface area contributed by atoms with Gasteiger partial charge in [0.2, 0.25) is 0 Å². The lowest BCUT2D eigenvalue weighted by molar-refractivity contribution is -0.115. The molecule has 1 saturated heterocycles.